The third-order valence-electron chi connectivity index (χ3n) is 3.15. The van der Waals surface area contributed by atoms with E-state index in [2.05, 4.69) is 4.98 Å². The number of nitrogens with zero attached hydrogens (tertiary/aromatic N) is 2. The van der Waals surface area contributed by atoms with Crippen molar-refractivity contribution in [1.29, 1.82) is 0 Å². The summed E-state index contributed by atoms with van der Waals surface area (Å²) in [5.41, 5.74) is 2.29. The standard InChI is InChI=1S/C13H14N2O3S/c1-13(2,12-7-14-8-19-12)9-4-5-11(18-3)10(6-9)15(16)17/h4-8H,1-3H3. The lowest BCUT2D eigenvalue weighted by molar-refractivity contribution is -0.385. The highest BCUT2D eigenvalue weighted by Gasteiger charge is 2.28. The number of nitro groups is 1. The van der Waals surface area contributed by atoms with Crippen LogP contribution in [0.3, 0.4) is 0 Å². The predicted molar refractivity (Wildman–Crippen MR) is 73.9 cm³/mol. The lowest BCUT2D eigenvalue weighted by atomic mass is 9.83. The van der Waals surface area contributed by atoms with Crippen LogP contribution in [0.25, 0.3) is 0 Å². The van der Waals surface area contributed by atoms with Crippen LogP contribution in [0.15, 0.2) is 29.9 Å². The number of hydrogen-bond donors (Lipinski definition) is 0. The number of ether oxygens (including phenoxy) is 1. The lowest BCUT2D eigenvalue weighted by Gasteiger charge is -2.23. The predicted octanol–water partition coefficient (Wildman–Crippen LogP) is 3.39. The molecule has 1 aromatic carbocycles. The van der Waals surface area contributed by atoms with Gasteiger partial charge < -0.3 is 4.74 Å². The molecule has 0 spiro atoms. The molecule has 0 amide bonds. The van der Waals surface area contributed by atoms with E-state index in [1.165, 1.54) is 18.4 Å². The van der Waals surface area contributed by atoms with Gasteiger partial charge >= 0.3 is 5.69 Å². The minimum Gasteiger partial charge on any atom is -0.490 e. The smallest absolute Gasteiger partial charge is 0.311 e. The zero-order valence-electron chi connectivity index (χ0n) is 10.9. The number of nitro benzene ring substituents is 1. The van der Waals surface area contributed by atoms with Gasteiger partial charge in [0.25, 0.3) is 0 Å². The Balaban J connectivity index is 2.52. The Bertz CT molecular complexity index is 594. The van der Waals surface area contributed by atoms with Crippen LogP contribution in [-0.4, -0.2) is 17.0 Å². The van der Waals surface area contributed by atoms with E-state index in [0.29, 0.717) is 0 Å². The van der Waals surface area contributed by atoms with Gasteiger partial charge in [0, 0.05) is 22.6 Å². The second-order valence-electron chi connectivity index (χ2n) is 4.63. The molecule has 0 aliphatic heterocycles. The summed E-state index contributed by atoms with van der Waals surface area (Å²) in [5.74, 6) is 0.272. The Morgan fingerprint density at radius 2 is 2.16 bits per heavy atom. The molecule has 0 saturated heterocycles. The molecule has 0 bridgehead atoms. The average molecular weight is 278 g/mol. The van der Waals surface area contributed by atoms with Crippen LogP contribution in [0.5, 0.6) is 5.75 Å². The highest BCUT2D eigenvalue weighted by atomic mass is 32.1. The normalized spacial score (nSPS) is 11.3. The molecule has 0 aliphatic carbocycles. The van der Waals surface area contributed by atoms with Crippen LogP contribution in [0.4, 0.5) is 5.69 Å². The molecule has 1 heterocycles. The molecule has 0 aliphatic rings. The average Bonchev–Trinajstić information content (AvgIpc) is 2.92. The maximum atomic E-state index is 11.1. The molecule has 1 aromatic heterocycles. The van der Waals surface area contributed by atoms with Gasteiger partial charge in [-0.1, -0.05) is 19.9 Å². The fraction of sp³-hybridized carbons (Fsp3) is 0.308. The molecule has 0 radical (unpaired) electrons. The van der Waals surface area contributed by atoms with Crippen molar-refractivity contribution in [2.75, 3.05) is 7.11 Å². The molecular formula is C13H14N2O3S. The lowest BCUT2D eigenvalue weighted by Crippen LogP contribution is -2.17. The fourth-order valence-corrected chi connectivity index (χ4v) is 2.66. The number of rotatable bonds is 4. The highest BCUT2D eigenvalue weighted by Crippen LogP contribution is 2.37. The Hall–Kier alpha value is -1.95. The van der Waals surface area contributed by atoms with Gasteiger partial charge in [0.15, 0.2) is 5.75 Å². The number of methoxy groups -OCH3 is 1. The first-order valence-corrected chi connectivity index (χ1v) is 6.56. The summed E-state index contributed by atoms with van der Waals surface area (Å²) in [4.78, 5) is 15.8. The molecular weight excluding hydrogens is 264 g/mol. The van der Waals surface area contributed by atoms with E-state index >= 15 is 0 Å². The second-order valence-corrected chi connectivity index (χ2v) is 5.52. The second kappa shape index (κ2) is 4.97. The van der Waals surface area contributed by atoms with Crippen LogP contribution in [0, 0.1) is 10.1 Å². The van der Waals surface area contributed by atoms with E-state index in [4.69, 9.17) is 4.74 Å². The third-order valence-corrected chi connectivity index (χ3v) is 4.24. The van der Waals surface area contributed by atoms with Crippen molar-refractivity contribution in [3.05, 3.63) is 50.5 Å². The number of benzene rings is 1. The maximum absolute atomic E-state index is 11.1. The van der Waals surface area contributed by atoms with Crippen LogP contribution in [-0.2, 0) is 5.41 Å². The molecule has 0 unspecified atom stereocenters. The fourth-order valence-electron chi connectivity index (χ4n) is 1.89. The van der Waals surface area contributed by atoms with Crippen LogP contribution >= 0.6 is 11.3 Å². The summed E-state index contributed by atoms with van der Waals surface area (Å²) in [5, 5.41) is 11.1. The minimum atomic E-state index is -0.426. The molecule has 0 saturated carbocycles. The molecule has 19 heavy (non-hydrogen) atoms. The van der Waals surface area contributed by atoms with Crippen molar-refractivity contribution in [3.63, 3.8) is 0 Å². The molecule has 0 N–H and O–H groups in total. The van der Waals surface area contributed by atoms with Gasteiger partial charge in [-0.3, -0.25) is 15.1 Å². The van der Waals surface area contributed by atoms with E-state index in [1.807, 2.05) is 19.9 Å². The van der Waals surface area contributed by atoms with Crippen molar-refractivity contribution < 1.29 is 9.66 Å². The monoisotopic (exact) mass is 278 g/mol. The maximum Gasteiger partial charge on any atom is 0.311 e. The quantitative estimate of drug-likeness (QED) is 0.635. The van der Waals surface area contributed by atoms with Crippen molar-refractivity contribution >= 4 is 17.0 Å². The van der Waals surface area contributed by atoms with E-state index < -0.39 is 4.92 Å². The van der Waals surface area contributed by atoms with Crippen molar-refractivity contribution in [2.24, 2.45) is 0 Å². The Morgan fingerprint density at radius 3 is 2.68 bits per heavy atom. The molecule has 2 aromatic rings. The van der Waals surface area contributed by atoms with E-state index in [-0.39, 0.29) is 16.9 Å². The van der Waals surface area contributed by atoms with Gasteiger partial charge in [0.2, 0.25) is 0 Å². The van der Waals surface area contributed by atoms with E-state index in [0.717, 1.165) is 10.4 Å². The largest absolute Gasteiger partial charge is 0.490 e. The Labute approximate surface area is 115 Å². The molecule has 0 atom stereocenters. The van der Waals surface area contributed by atoms with Gasteiger partial charge in [-0.05, 0) is 11.6 Å². The van der Waals surface area contributed by atoms with Crippen molar-refractivity contribution in [3.8, 4) is 5.75 Å². The molecule has 6 heteroatoms. The summed E-state index contributed by atoms with van der Waals surface area (Å²) in [6.45, 7) is 4.04. The first-order valence-electron chi connectivity index (χ1n) is 5.68. The molecule has 2 rings (SSSR count). The third kappa shape index (κ3) is 2.44. The zero-order chi connectivity index (χ0) is 14.0. The highest BCUT2D eigenvalue weighted by molar-refractivity contribution is 7.09. The van der Waals surface area contributed by atoms with Gasteiger partial charge in [-0.2, -0.15) is 0 Å². The molecule has 5 nitrogen and oxygen atoms in total. The van der Waals surface area contributed by atoms with E-state index in [1.54, 1.807) is 23.8 Å². The van der Waals surface area contributed by atoms with Gasteiger partial charge in [0.1, 0.15) is 0 Å². The minimum absolute atomic E-state index is 0.0161. The van der Waals surface area contributed by atoms with Crippen LogP contribution < -0.4 is 4.74 Å². The first-order chi connectivity index (χ1) is 8.96. The summed E-state index contributed by atoms with van der Waals surface area (Å²) < 4.78 is 5.01. The molecule has 100 valence electrons. The number of hydrogen-bond acceptors (Lipinski definition) is 5. The Morgan fingerprint density at radius 1 is 1.42 bits per heavy atom. The summed E-state index contributed by atoms with van der Waals surface area (Å²) in [7, 11) is 1.43. The summed E-state index contributed by atoms with van der Waals surface area (Å²) in [6, 6.07) is 5.06. The summed E-state index contributed by atoms with van der Waals surface area (Å²) in [6.07, 6.45) is 1.79. The molecule has 0 fully saturated rings. The van der Waals surface area contributed by atoms with Gasteiger partial charge in [0.05, 0.1) is 17.5 Å². The van der Waals surface area contributed by atoms with E-state index in [9.17, 15) is 10.1 Å². The van der Waals surface area contributed by atoms with Gasteiger partial charge in [-0.15, -0.1) is 11.3 Å². The zero-order valence-corrected chi connectivity index (χ0v) is 11.7. The Kier molecular flexibility index (Phi) is 3.53. The summed E-state index contributed by atoms with van der Waals surface area (Å²) >= 11 is 1.54. The van der Waals surface area contributed by atoms with Gasteiger partial charge in [-0.25, -0.2) is 0 Å². The van der Waals surface area contributed by atoms with Crippen LogP contribution in [0.2, 0.25) is 0 Å². The van der Waals surface area contributed by atoms with Crippen molar-refractivity contribution in [1.82, 2.24) is 4.98 Å². The first kappa shape index (κ1) is 13.5. The van der Waals surface area contributed by atoms with Crippen molar-refractivity contribution in [2.45, 2.75) is 19.3 Å². The number of aromatic nitrogens is 1. The number of thiazole rings is 1. The topological polar surface area (TPSA) is 65.3 Å². The van der Waals surface area contributed by atoms with Crippen LogP contribution in [0.1, 0.15) is 24.3 Å². The SMILES string of the molecule is COc1ccc(C(C)(C)c2cncs2)cc1[N+](=O)[O-].